The van der Waals surface area contributed by atoms with Gasteiger partial charge in [0.15, 0.2) is 0 Å². The fourth-order valence-corrected chi connectivity index (χ4v) is 1.68. The molecule has 0 saturated carbocycles. The molecule has 0 aliphatic carbocycles. The van der Waals surface area contributed by atoms with Gasteiger partial charge in [-0.05, 0) is 6.42 Å². The van der Waals surface area contributed by atoms with E-state index in [9.17, 15) is 9.59 Å². The quantitative estimate of drug-likeness (QED) is 0.653. The maximum absolute atomic E-state index is 11.9. The number of aryl methyl sites for hydroxylation is 1. The van der Waals surface area contributed by atoms with Crippen LogP contribution in [0.1, 0.15) is 37.8 Å². The van der Waals surface area contributed by atoms with Crippen LogP contribution in [0.5, 0.6) is 0 Å². The summed E-state index contributed by atoms with van der Waals surface area (Å²) in [5.41, 5.74) is 6.33. The number of carbonyl (C=O) groups is 2. The summed E-state index contributed by atoms with van der Waals surface area (Å²) < 4.78 is 1.54. The lowest BCUT2D eigenvalue weighted by Crippen LogP contribution is -2.44. The Balaban J connectivity index is 2.63. The molecule has 1 aromatic rings. The number of carboxylic acid groups (broad SMARTS) is 1. The Labute approximate surface area is 111 Å². The summed E-state index contributed by atoms with van der Waals surface area (Å²) in [6, 6.07) is -1.80. The first-order valence-electron chi connectivity index (χ1n) is 6.23. The fourth-order valence-electron chi connectivity index (χ4n) is 1.68. The van der Waals surface area contributed by atoms with E-state index in [0.29, 0.717) is 12.0 Å². The van der Waals surface area contributed by atoms with E-state index in [1.165, 1.54) is 10.9 Å². The lowest BCUT2D eigenvalue weighted by atomic mass is 10.1. The van der Waals surface area contributed by atoms with Gasteiger partial charge in [-0.2, -0.15) is 5.10 Å². The van der Waals surface area contributed by atoms with Gasteiger partial charge in [0.2, 0.25) is 5.91 Å². The number of carboxylic acids is 1. The summed E-state index contributed by atoms with van der Waals surface area (Å²) in [5, 5.41) is 15.4. The Morgan fingerprint density at radius 1 is 1.58 bits per heavy atom. The Hall–Kier alpha value is -1.89. The maximum Gasteiger partial charge on any atom is 0.326 e. The summed E-state index contributed by atoms with van der Waals surface area (Å²) >= 11 is 0. The van der Waals surface area contributed by atoms with Crippen LogP contribution in [0.4, 0.5) is 0 Å². The molecule has 4 N–H and O–H groups in total. The van der Waals surface area contributed by atoms with Crippen LogP contribution in [0.2, 0.25) is 0 Å². The van der Waals surface area contributed by atoms with E-state index in [1.54, 1.807) is 13.2 Å². The normalized spacial score (nSPS) is 13.8. The molecule has 106 valence electrons. The van der Waals surface area contributed by atoms with Crippen molar-refractivity contribution in [3.05, 3.63) is 18.0 Å². The Morgan fingerprint density at radius 2 is 2.26 bits per heavy atom. The van der Waals surface area contributed by atoms with Gasteiger partial charge in [-0.25, -0.2) is 4.79 Å². The van der Waals surface area contributed by atoms with Crippen molar-refractivity contribution in [3.8, 4) is 0 Å². The van der Waals surface area contributed by atoms with Gasteiger partial charge in [0.1, 0.15) is 12.1 Å². The molecule has 2 unspecified atom stereocenters. The average molecular weight is 268 g/mol. The third-order valence-electron chi connectivity index (χ3n) is 2.83. The monoisotopic (exact) mass is 268 g/mol. The van der Waals surface area contributed by atoms with Gasteiger partial charge in [0.25, 0.3) is 0 Å². The summed E-state index contributed by atoms with van der Waals surface area (Å²) in [5.74, 6) is -1.54. The minimum absolute atomic E-state index is 0.400. The van der Waals surface area contributed by atoms with Crippen LogP contribution in [-0.4, -0.2) is 32.8 Å². The zero-order valence-corrected chi connectivity index (χ0v) is 11.2. The molecule has 0 aliphatic rings. The molecule has 0 fully saturated rings. The first-order chi connectivity index (χ1) is 8.95. The smallest absolute Gasteiger partial charge is 0.326 e. The van der Waals surface area contributed by atoms with Crippen LogP contribution in [0, 0.1) is 0 Å². The number of nitrogens with one attached hydrogen (secondary N) is 1. The standard InChI is InChI=1S/C12H20N4O3/c1-3-4-5-9(12(18)19)15-11(17)10(13)8-6-14-16(2)7-8/h6-7,9-10H,3-5,13H2,1-2H3,(H,15,17)(H,18,19). The topological polar surface area (TPSA) is 110 Å². The van der Waals surface area contributed by atoms with Crippen LogP contribution < -0.4 is 11.1 Å². The molecule has 7 nitrogen and oxygen atoms in total. The van der Waals surface area contributed by atoms with Gasteiger partial charge in [0, 0.05) is 18.8 Å². The summed E-state index contributed by atoms with van der Waals surface area (Å²) in [6.07, 6.45) is 5.13. The molecule has 1 aromatic heterocycles. The second-order valence-electron chi connectivity index (χ2n) is 4.47. The molecule has 19 heavy (non-hydrogen) atoms. The number of amides is 1. The van der Waals surface area contributed by atoms with Crippen LogP contribution in [-0.2, 0) is 16.6 Å². The van der Waals surface area contributed by atoms with Gasteiger partial charge in [-0.3, -0.25) is 9.48 Å². The van der Waals surface area contributed by atoms with Crippen molar-refractivity contribution in [2.75, 3.05) is 0 Å². The first-order valence-corrected chi connectivity index (χ1v) is 6.23. The maximum atomic E-state index is 11.9. The van der Waals surface area contributed by atoms with E-state index in [-0.39, 0.29) is 0 Å². The minimum Gasteiger partial charge on any atom is -0.480 e. The fraction of sp³-hybridized carbons (Fsp3) is 0.583. The second kappa shape index (κ2) is 6.89. The van der Waals surface area contributed by atoms with Crippen molar-refractivity contribution in [2.45, 2.75) is 38.3 Å². The number of hydrogen-bond donors (Lipinski definition) is 3. The predicted octanol–water partition coefficient (Wildman–Crippen LogP) is 0.180. The van der Waals surface area contributed by atoms with Gasteiger partial charge < -0.3 is 16.2 Å². The van der Waals surface area contributed by atoms with Crippen molar-refractivity contribution in [1.82, 2.24) is 15.1 Å². The SMILES string of the molecule is CCCCC(NC(=O)C(N)c1cnn(C)c1)C(=O)O. The zero-order chi connectivity index (χ0) is 14.4. The number of rotatable bonds is 7. The van der Waals surface area contributed by atoms with E-state index in [2.05, 4.69) is 10.4 Å². The number of hydrogen-bond acceptors (Lipinski definition) is 4. The number of aliphatic carboxylic acids is 1. The molecular weight excluding hydrogens is 248 g/mol. The van der Waals surface area contributed by atoms with Crippen LogP contribution >= 0.6 is 0 Å². The Morgan fingerprint density at radius 3 is 2.74 bits per heavy atom. The summed E-state index contributed by atoms with van der Waals surface area (Å²) in [4.78, 5) is 22.9. The van der Waals surface area contributed by atoms with Crippen LogP contribution in [0.3, 0.4) is 0 Å². The van der Waals surface area contributed by atoms with Gasteiger partial charge in [-0.15, -0.1) is 0 Å². The number of nitrogens with zero attached hydrogens (tertiary/aromatic N) is 2. The lowest BCUT2D eigenvalue weighted by molar-refractivity contribution is -0.142. The van der Waals surface area contributed by atoms with Crippen molar-refractivity contribution in [2.24, 2.45) is 12.8 Å². The van der Waals surface area contributed by atoms with Gasteiger partial charge in [0.05, 0.1) is 6.20 Å². The average Bonchev–Trinajstić information content (AvgIpc) is 2.79. The molecule has 0 saturated heterocycles. The third kappa shape index (κ3) is 4.36. The molecular formula is C12H20N4O3. The highest BCUT2D eigenvalue weighted by molar-refractivity contribution is 5.87. The van der Waals surface area contributed by atoms with Crippen LogP contribution in [0.15, 0.2) is 12.4 Å². The van der Waals surface area contributed by atoms with E-state index >= 15 is 0 Å². The predicted molar refractivity (Wildman–Crippen MR) is 69.2 cm³/mol. The largest absolute Gasteiger partial charge is 0.480 e. The molecule has 0 radical (unpaired) electrons. The number of nitrogens with two attached hydrogens (primary N) is 1. The molecule has 0 spiro atoms. The molecule has 1 amide bonds. The number of aromatic nitrogens is 2. The molecule has 0 aliphatic heterocycles. The van der Waals surface area contributed by atoms with Crippen molar-refractivity contribution in [1.29, 1.82) is 0 Å². The van der Waals surface area contributed by atoms with Crippen molar-refractivity contribution in [3.63, 3.8) is 0 Å². The van der Waals surface area contributed by atoms with E-state index in [0.717, 1.165) is 12.8 Å². The number of unbranched alkanes of at least 4 members (excludes halogenated alkanes) is 1. The first kappa shape index (κ1) is 15.2. The molecule has 0 bridgehead atoms. The minimum atomic E-state index is -1.04. The van der Waals surface area contributed by atoms with Gasteiger partial charge >= 0.3 is 5.97 Å². The van der Waals surface area contributed by atoms with Crippen LogP contribution in [0.25, 0.3) is 0 Å². The van der Waals surface area contributed by atoms with E-state index in [1.807, 2.05) is 6.92 Å². The highest BCUT2D eigenvalue weighted by atomic mass is 16.4. The molecule has 0 aromatic carbocycles. The lowest BCUT2D eigenvalue weighted by Gasteiger charge is -2.16. The Kier molecular flexibility index (Phi) is 5.50. The molecule has 1 rings (SSSR count). The van der Waals surface area contributed by atoms with Gasteiger partial charge in [-0.1, -0.05) is 19.8 Å². The third-order valence-corrected chi connectivity index (χ3v) is 2.83. The summed E-state index contributed by atoms with van der Waals surface area (Å²) in [6.45, 7) is 1.96. The Bertz CT molecular complexity index is 444. The summed E-state index contributed by atoms with van der Waals surface area (Å²) in [7, 11) is 1.72. The highest BCUT2D eigenvalue weighted by Crippen LogP contribution is 2.10. The molecule has 2 atom stereocenters. The zero-order valence-electron chi connectivity index (χ0n) is 11.2. The van der Waals surface area contributed by atoms with E-state index in [4.69, 9.17) is 10.8 Å². The highest BCUT2D eigenvalue weighted by Gasteiger charge is 2.24. The van der Waals surface area contributed by atoms with Crippen molar-refractivity contribution < 1.29 is 14.7 Å². The molecule has 1 heterocycles. The second-order valence-corrected chi connectivity index (χ2v) is 4.47. The number of carbonyl (C=O) groups excluding carboxylic acids is 1. The van der Waals surface area contributed by atoms with E-state index < -0.39 is 24.0 Å². The molecule has 7 heteroatoms. The van der Waals surface area contributed by atoms with Crippen molar-refractivity contribution >= 4 is 11.9 Å².